The molecule has 0 spiro atoms. The Balaban J connectivity index is 1.33. The first-order valence-electron chi connectivity index (χ1n) is 9.70. The highest BCUT2D eigenvalue weighted by Crippen LogP contribution is 2.28. The molecule has 1 saturated heterocycles. The average molecular weight is 353 g/mol. The number of hydrogen-bond donors (Lipinski definition) is 1. The normalized spacial score (nSPS) is 19.3. The van der Waals surface area contributed by atoms with Crippen molar-refractivity contribution < 1.29 is 4.79 Å². The summed E-state index contributed by atoms with van der Waals surface area (Å²) in [4.78, 5) is 25.9. The zero-order chi connectivity index (χ0) is 17.9. The van der Waals surface area contributed by atoms with E-state index in [9.17, 15) is 4.79 Å². The van der Waals surface area contributed by atoms with E-state index in [1.54, 1.807) is 0 Å². The fourth-order valence-corrected chi connectivity index (χ4v) is 4.17. The second-order valence-electron chi connectivity index (χ2n) is 7.55. The Morgan fingerprint density at radius 1 is 1.08 bits per heavy atom. The summed E-state index contributed by atoms with van der Waals surface area (Å²) in [5.74, 6) is 2.25. The molecule has 26 heavy (non-hydrogen) atoms. The Kier molecular flexibility index (Phi) is 5.02. The Morgan fingerprint density at radius 3 is 2.58 bits per heavy atom. The quantitative estimate of drug-likeness (QED) is 0.914. The molecule has 2 aliphatic rings. The Bertz CT molecular complexity index is 779. The largest absolute Gasteiger partial charge is 0.383 e. The van der Waals surface area contributed by atoms with Crippen molar-refractivity contribution in [2.75, 3.05) is 31.9 Å². The summed E-state index contributed by atoms with van der Waals surface area (Å²) in [6.45, 7) is 4.02. The summed E-state index contributed by atoms with van der Waals surface area (Å²) in [5, 5.41) is 0.901. The van der Waals surface area contributed by atoms with E-state index in [0.29, 0.717) is 24.2 Å². The molecule has 1 saturated carbocycles. The molecule has 2 aromatic rings. The van der Waals surface area contributed by atoms with Gasteiger partial charge in [0.05, 0.1) is 12.1 Å². The summed E-state index contributed by atoms with van der Waals surface area (Å²) >= 11 is 0. The monoisotopic (exact) mass is 353 g/mol. The number of carbonyl (C=O) groups is 1. The van der Waals surface area contributed by atoms with Crippen LogP contribution in [0, 0.1) is 5.92 Å². The SMILES string of the molecule is Nc1nc(CN2CCN(C(=O)CC3CCCC3)CC2)nc2ccccc12. The molecule has 1 aliphatic carbocycles. The summed E-state index contributed by atoms with van der Waals surface area (Å²) in [6.07, 6.45) is 5.78. The van der Waals surface area contributed by atoms with Crippen LogP contribution < -0.4 is 5.73 Å². The van der Waals surface area contributed by atoms with Crippen LogP contribution in [-0.4, -0.2) is 51.9 Å². The second kappa shape index (κ2) is 7.58. The molecule has 6 nitrogen and oxygen atoms in total. The van der Waals surface area contributed by atoms with Crippen LogP contribution in [0.2, 0.25) is 0 Å². The number of para-hydroxylation sites is 1. The van der Waals surface area contributed by atoms with Gasteiger partial charge >= 0.3 is 0 Å². The first-order chi connectivity index (χ1) is 12.7. The smallest absolute Gasteiger partial charge is 0.222 e. The van der Waals surface area contributed by atoms with Crippen molar-refractivity contribution in [2.24, 2.45) is 5.92 Å². The summed E-state index contributed by atoms with van der Waals surface area (Å²) in [7, 11) is 0. The Labute approximate surface area is 154 Å². The molecule has 1 aromatic carbocycles. The van der Waals surface area contributed by atoms with Crippen LogP contribution in [0.3, 0.4) is 0 Å². The number of amides is 1. The minimum absolute atomic E-state index is 0.336. The maximum absolute atomic E-state index is 12.5. The lowest BCUT2D eigenvalue weighted by Crippen LogP contribution is -2.48. The van der Waals surface area contributed by atoms with Gasteiger partial charge in [0.2, 0.25) is 5.91 Å². The van der Waals surface area contributed by atoms with E-state index >= 15 is 0 Å². The van der Waals surface area contributed by atoms with Gasteiger partial charge in [-0.3, -0.25) is 9.69 Å². The number of benzene rings is 1. The number of hydrogen-bond acceptors (Lipinski definition) is 5. The molecule has 1 aliphatic heterocycles. The number of nitrogens with two attached hydrogens (primary N) is 1. The molecular formula is C20H27N5O. The molecule has 0 radical (unpaired) electrons. The topological polar surface area (TPSA) is 75.3 Å². The summed E-state index contributed by atoms with van der Waals surface area (Å²) in [5.41, 5.74) is 6.97. The van der Waals surface area contributed by atoms with Gasteiger partial charge in [-0.15, -0.1) is 0 Å². The van der Waals surface area contributed by atoms with Gasteiger partial charge < -0.3 is 10.6 Å². The number of aromatic nitrogens is 2. The van der Waals surface area contributed by atoms with Crippen LogP contribution in [0.25, 0.3) is 10.9 Å². The van der Waals surface area contributed by atoms with Gasteiger partial charge in [-0.05, 0) is 30.9 Å². The predicted molar refractivity (Wildman–Crippen MR) is 102 cm³/mol. The molecule has 0 atom stereocenters. The van der Waals surface area contributed by atoms with Crippen LogP contribution in [-0.2, 0) is 11.3 Å². The zero-order valence-corrected chi connectivity index (χ0v) is 15.2. The highest BCUT2D eigenvalue weighted by Gasteiger charge is 2.25. The number of rotatable bonds is 4. The Morgan fingerprint density at radius 2 is 1.81 bits per heavy atom. The van der Waals surface area contributed by atoms with Crippen molar-refractivity contribution in [1.82, 2.24) is 19.8 Å². The van der Waals surface area contributed by atoms with E-state index in [1.807, 2.05) is 29.2 Å². The minimum atomic E-state index is 0.336. The third kappa shape index (κ3) is 3.80. The lowest BCUT2D eigenvalue weighted by atomic mass is 10.0. The molecule has 138 valence electrons. The molecule has 2 fully saturated rings. The van der Waals surface area contributed by atoms with Crippen molar-refractivity contribution >= 4 is 22.6 Å². The molecule has 6 heteroatoms. The molecule has 0 bridgehead atoms. The van der Waals surface area contributed by atoms with E-state index in [2.05, 4.69) is 14.9 Å². The van der Waals surface area contributed by atoms with E-state index < -0.39 is 0 Å². The van der Waals surface area contributed by atoms with Crippen molar-refractivity contribution in [3.8, 4) is 0 Å². The molecule has 1 amide bonds. The van der Waals surface area contributed by atoms with E-state index in [-0.39, 0.29) is 0 Å². The first kappa shape index (κ1) is 17.2. The number of nitrogens with zero attached hydrogens (tertiary/aromatic N) is 4. The van der Waals surface area contributed by atoms with E-state index in [0.717, 1.165) is 49.3 Å². The third-order valence-corrected chi connectivity index (χ3v) is 5.71. The molecule has 1 aromatic heterocycles. The summed E-state index contributed by atoms with van der Waals surface area (Å²) < 4.78 is 0. The van der Waals surface area contributed by atoms with Gasteiger partial charge in [0.25, 0.3) is 0 Å². The van der Waals surface area contributed by atoms with Crippen molar-refractivity contribution in [3.05, 3.63) is 30.1 Å². The summed E-state index contributed by atoms with van der Waals surface area (Å²) in [6, 6.07) is 7.83. The van der Waals surface area contributed by atoms with Crippen LogP contribution in [0.15, 0.2) is 24.3 Å². The van der Waals surface area contributed by atoms with Gasteiger partial charge in [0.15, 0.2) is 0 Å². The first-order valence-corrected chi connectivity index (χ1v) is 9.70. The van der Waals surface area contributed by atoms with Gasteiger partial charge in [-0.2, -0.15) is 0 Å². The highest BCUT2D eigenvalue weighted by molar-refractivity contribution is 5.87. The molecule has 2 N–H and O–H groups in total. The van der Waals surface area contributed by atoms with Gasteiger partial charge in [-0.1, -0.05) is 25.0 Å². The zero-order valence-electron chi connectivity index (χ0n) is 15.2. The number of piperazine rings is 1. The fourth-order valence-electron chi connectivity index (χ4n) is 4.17. The standard InChI is InChI=1S/C20H27N5O/c21-20-16-7-3-4-8-17(16)22-18(23-20)14-24-9-11-25(12-10-24)19(26)13-15-5-1-2-6-15/h3-4,7-8,15H,1-2,5-6,9-14H2,(H2,21,22,23). The second-order valence-corrected chi connectivity index (χ2v) is 7.55. The fraction of sp³-hybridized carbons (Fsp3) is 0.550. The molecule has 4 rings (SSSR count). The van der Waals surface area contributed by atoms with Crippen LogP contribution in [0.4, 0.5) is 5.82 Å². The molecule has 2 heterocycles. The third-order valence-electron chi connectivity index (χ3n) is 5.71. The van der Waals surface area contributed by atoms with Crippen LogP contribution >= 0.6 is 0 Å². The number of anilines is 1. The van der Waals surface area contributed by atoms with Crippen LogP contribution in [0.1, 0.15) is 37.9 Å². The lowest BCUT2D eigenvalue weighted by molar-refractivity contribution is -0.134. The Hall–Kier alpha value is -2.21. The van der Waals surface area contributed by atoms with Gasteiger partial charge in [0.1, 0.15) is 11.6 Å². The number of carbonyl (C=O) groups excluding carboxylic acids is 1. The lowest BCUT2D eigenvalue weighted by Gasteiger charge is -2.34. The molecule has 0 unspecified atom stereocenters. The highest BCUT2D eigenvalue weighted by atomic mass is 16.2. The molecular weight excluding hydrogens is 326 g/mol. The van der Waals surface area contributed by atoms with E-state index in [1.165, 1.54) is 25.7 Å². The number of fused-ring (bicyclic) bond motifs is 1. The number of nitrogen functional groups attached to an aromatic ring is 1. The average Bonchev–Trinajstić information content (AvgIpc) is 3.15. The van der Waals surface area contributed by atoms with Crippen molar-refractivity contribution in [3.63, 3.8) is 0 Å². The van der Waals surface area contributed by atoms with Gasteiger partial charge in [-0.25, -0.2) is 9.97 Å². The van der Waals surface area contributed by atoms with Gasteiger partial charge in [0, 0.05) is 38.0 Å². The van der Waals surface area contributed by atoms with E-state index in [4.69, 9.17) is 5.73 Å². The van der Waals surface area contributed by atoms with Crippen molar-refractivity contribution in [2.45, 2.75) is 38.6 Å². The predicted octanol–water partition coefficient (Wildman–Crippen LogP) is 2.44. The maximum atomic E-state index is 12.5. The minimum Gasteiger partial charge on any atom is -0.383 e. The maximum Gasteiger partial charge on any atom is 0.222 e. The van der Waals surface area contributed by atoms with Crippen molar-refractivity contribution in [1.29, 1.82) is 0 Å². The van der Waals surface area contributed by atoms with Crippen LogP contribution in [0.5, 0.6) is 0 Å².